The Morgan fingerprint density at radius 3 is 2.00 bits per heavy atom. The molecule has 1 heteroatoms. The molecule has 0 aliphatic carbocycles. The Morgan fingerprint density at radius 2 is 2.00 bits per heavy atom. The van der Waals surface area contributed by atoms with E-state index in [-0.39, 0.29) is 18.9 Å². The summed E-state index contributed by atoms with van der Waals surface area (Å²) in [5.41, 5.74) is 0. The van der Waals surface area contributed by atoms with E-state index in [1.165, 1.54) is 6.08 Å². The first-order valence-corrected chi connectivity index (χ1v) is 0.986. The van der Waals surface area contributed by atoms with Gasteiger partial charge in [-0.2, -0.15) is 0 Å². The Kier molecular flexibility index (Phi) is 16.1. The normalized spacial score (nSPS) is 3.00. The molecule has 0 bridgehead atoms. The predicted octanol–water partition coefficient (Wildman–Crippen LogP) is 0.157. The van der Waals surface area contributed by atoms with E-state index in [0.29, 0.717) is 0 Å². The van der Waals surface area contributed by atoms with E-state index in [4.69, 9.17) is 0 Å². The molecule has 0 unspecified atom stereocenters. The third kappa shape index (κ3) is 17.4. The zero-order valence-corrected chi connectivity index (χ0v) is 2.36. The van der Waals surface area contributed by atoms with E-state index >= 15 is 0 Å². The van der Waals surface area contributed by atoms with Gasteiger partial charge in [0.2, 0.25) is 0 Å². The number of rotatable bonds is 0. The summed E-state index contributed by atoms with van der Waals surface area (Å²) in [4.78, 5) is 0. The monoisotopic (exact) mass is 60.1 g/mol. The van der Waals surface area contributed by atoms with Gasteiger partial charge in [-0.25, -0.2) is 0 Å². The average molecular weight is 60.0 g/mol. The van der Waals surface area contributed by atoms with Gasteiger partial charge in [0.15, 0.2) is 0 Å². The van der Waals surface area contributed by atoms with Crippen LogP contribution < -0.4 is 0 Å². The molecule has 0 aromatic heterocycles. The van der Waals surface area contributed by atoms with Crippen molar-refractivity contribution in [3.05, 3.63) is 12.7 Å². The fraction of sp³-hybridized carbons (Fsp3) is 0. The quantitative estimate of drug-likeness (QED) is 0.276. The van der Waals surface area contributed by atoms with Crippen LogP contribution in [0.25, 0.3) is 0 Å². The van der Waals surface area contributed by atoms with E-state index < -0.39 is 0 Å². The Morgan fingerprint density at radius 1 is 1.80 bits per heavy atom. The van der Waals surface area contributed by atoms with Crippen LogP contribution in [0.1, 0.15) is 0 Å². The van der Waals surface area contributed by atoms with Crippen LogP contribution in [0.15, 0.2) is 12.7 Å². The van der Waals surface area contributed by atoms with E-state index in [9.17, 15) is 0 Å². The molecule has 0 heterocycles. The maximum absolute atomic E-state index is 4.66. The van der Waals surface area contributed by atoms with Gasteiger partial charge in [0, 0.05) is 0 Å². The molecule has 0 nitrogen and oxygen atoms in total. The first kappa shape index (κ1) is 8.86. The van der Waals surface area contributed by atoms with E-state index in [0.717, 1.165) is 0 Å². The van der Waals surface area contributed by atoms with Crippen molar-refractivity contribution in [1.29, 1.82) is 0 Å². The van der Waals surface area contributed by atoms with Gasteiger partial charge in [0.1, 0.15) is 0 Å². The minimum atomic E-state index is 0. The van der Waals surface area contributed by atoms with Crippen LogP contribution >= 0.6 is 0 Å². The molecule has 0 aromatic carbocycles. The molecule has 0 fully saturated rings. The molecule has 0 N–H and O–H groups in total. The number of hydrogen-bond acceptors (Lipinski definition) is 0. The summed E-state index contributed by atoms with van der Waals surface area (Å²) in [6, 6.07) is 0. The van der Waals surface area contributed by atoms with Crippen LogP contribution in [0.5, 0.6) is 0 Å². The second-order valence-corrected chi connectivity index (χ2v) is 0.371. The van der Waals surface area contributed by atoms with Gasteiger partial charge in [0.05, 0.1) is 0 Å². The first-order chi connectivity index (χ1) is 1.91. The molecule has 0 atom stereocenters. The van der Waals surface area contributed by atoms with Crippen LogP contribution in [0.2, 0.25) is 0 Å². The first-order valence-electron chi connectivity index (χ1n) is 0.986. The zero-order valence-electron chi connectivity index (χ0n) is 2.36. The summed E-state index contributed by atoms with van der Waals surface area (Å²) < 4.78 is 0. The Balaban J connectivity index is 0. The van der Waals surface area contributed by atoms with Crippen molar-refractivity contribution in [3.8, 4) is 12.3 Å². The molecule has 0 amide bonds. The van der Waals surface area contributed by atoms with Gasteiger partial charge in [-0.3, -0.25) is 0 Å². The molecule has 0 rings (SSSR count). The molecule has 5 heavy (non-hydrogen) atoms. The molecule has 0 spiro atoms. The standard InChI is InChI=1S/C4H4.Li.H/c1-3-4-2;;/h1,4H,2H2;;. The maximum atomic E-state index is 4.66. The molecular formula is C4H5Li. The molecule has 0 saturated carbocycles. The minimum absolute atomic E-state index is 0. The average Bonchev–Trinajstić information content (AvgIpc) is 1.37. The Bertz CT molecular complexity index is 49.2. The van der Waals surface area contributed by atoms with Crippen molar-refractivity contribution in [2.75, 3.05) is 0 Å². The van der Waals surface area contributed by atoms with Crippen molar-refractivity contribution in [2.45, 2.75) is 0 Å². The fourth-order valence-electron chi connectivity index (χ4n) is 0. The summed E-state index contributed by atoms with van der Waals surface area (Å²) in [5, 5.41) is 0. The van der Waals surface area contributed by atoms with Crippen LogP contribution in [0, 0.1) is 12.3 Å². The third-order valence-corrected chi connectivity index (χ3v) is 0.118. The predicted molar refractivity (Wildman–Crippen MR) is 26.2 cm³/mol. The summed E-state index contributed by atoms with van der Waals surface area (Å²) in [6.07, 6.45) is 6.06. The third-order valence-electron chi connectivity index (χ3n) is 0.118. The second kappa shape index (κ2) is 9.09. The summed E-state index contributed by atoms with van der Waals surface area (Å²) in [7, 11) is 0. The van der Waals surface area contributed by atoms with Crippen LogP contribution in [-0.4, -0.2) is 18.9 Å². The molecule has 0 aromatic rings. The second-order valence-electron chi connectivity index (χ2n) is 0.371. The summed E-state index contributed by atoms with van der Waals surface area (Å²) in [6.45, 7) is 3.24. The van der Waals surface area contributed by atoms with Gasteiger partial charge in [-0.15, -0.1) is 6.42 Å². The van der Waals surface area contributed by atoms with Crippen molar-refractivity contribution in [3.63, 3.8) is 0 Å². The SMILES string of the molecule is C#CC=C.[LiH]. The van der Waals surface area contributed by atoms with Gasteiger partial charge < -0.3 is 0 Å². The van der Waals surface area contributed by atoms with Crippen molar-refractivity contribution < 1.29 is 0 Å². The number of hydrogen-bond donors (Lipinski definition) is 0. The molecule has 0 radical (unpaired) electrons. The van der Waals surface area contributed by atoms with Crippen LogP contribution in [-0.2, 0) is 0 Å². The van der Waals surface area contributed by atoms with Crippen molar-refractivity contribution in [1.82, 2.24) is 0 Å². The zero-order chi connectivity index (χ0) is 3.41. The van der Waals surface area contributed by atoms with E-state index in [1.807, 2.05) is 0 Å². The molecular weight excluding hydrogens is 55.0 g/mol. The van der Waals surface area contributed by atoms with Gasteiger partial charge in [-0.1, -0.05) is 12.5 Å². The molecule has 22 valence electrons. The number of terminal acetylenes is 1. The van der Waals surface area contributed by atoms with Gasteiger partial charge >= 0.3 is 18.9 Å². The Hall–Kier alpha value is -0.103. The number of allylic oxidation sites excluding steroid dienone is 1. The van der Waals surface area contributed by atoms with Crippen molar-refractivity contribution >= 4 is 18.9 Å². The van der Waals surface area contributed by atoms with E-state index in [1.54, 1.807) is 0 Å². The van der Waals surface area contributed by atoms with Crippen molar-refractivity contribution in [2.24, 2.45) is 0 Å². The topological polar surface area (TPSA) is 0 Å². The summed E-state index contributed by atoms with van der Waals surface area (Å²) >= 11 is 0. The molecule has 0 saturated heterocycles. The fourth-order valence-corrected chi connectivity index (χ4v) is 0. The van der Waals surface area contributed by atoms with E-state index in [2.05, 4.69) is 18.9 Å². The molecule has 0 aliphatic rings. The molecule has 0 aliphatic heterocycles. The van der Waals surface area contributed by atoms with Crippen LogP contribution in [0.3, 0.4) is 0 Å². The van der Waals surface area contributed by atoms with Gasteiger partial charge in [-0.05, 0) is 6.08 Å². The van der Waals surface area contributed by atoms with Crippen LogP contribution in [0.4, 0.5) is 0 Å². The Labute approximate surface area is 44.4 Å². The summed E-state index contributed by atoms with van der Waals surface area (Å²) in [5.74, 6) is 2.19. The van der Waals surface area contributed by atoms with Gasteiger partial charge in [0.25, 0.3) is 0 Å².